The van der Waals surface area contributed by atoms with Crippen molar-refractivity contribution in [2.75, 3.05) is 13.8 Å². The number of methoxy groups -OCH3 is 1. The molecule has 4 nitrogen and oxygen atoms in total. The van der Waals surface area contributed by atoms with Gasteiger partial charge in [-0.25, -0.2) is 5.43 Å². The fourth-order valence-corrected chi connectivity index (χ4v) is 1.79. The van der Waals surface area contributed by atoms with Crippen LogP contribution in [0.25, 0.3) is 10.8 Å². The van der Waals surface area contributed by atoms with E-state index in [0.29, 0.717) is 6.67 Å². The number of benzene rings is 2. The normalized spacial score (nSPS) is 10.7. The predicted molar refractivity (Wildman–Crippen MR) is 69.5 cm³/mol. The summed E-state index contributed by atoms with van der Waals surface area (Å²) in [5.74, 6) is 6.07. The van der Waals surface area contributed by atoms with Crippen LogP contribution < -0.4 is 21.3 Å². The highest BCUT2D eigenvalue weighted by Gasteiger charge is 1.98. The van der Waals surface area contributed by atoms with E-state index in [2.05, 4.69) is 35.0 Å². The van der Waals surface area contributed by atoms with Crippen LogP contribution in [0.5, 0.6) is 5.75 Å². The summed E-state index contributed by atoms with van der Waals surface area (Å²) in [4.78, 5) is 0. The summed E-state index contributed by atoms with van der Waals surface area (Å²) in [5.41, 5.74) is 3.80. The van der Waals surface area contributed by atoms with Crippen LogP contribution in [0.3, 0.4) is 0 Å². The van der Waals surface area contributed by atoms with Gasteiger partial charge in [0.1, 0.15) is 5.75 Å². The molecule has 2 aromatic rings. The highest BCUT2D eigenvalue weighted by molar-refractivity contribution is 5.84. The van der Waals surface area contributed by atoms with E-state index in [4.69, 9.17) is 10.6 Å². The Kier molecular flexibility index (Phi) is 3.93. The minimum absolute atomic E-state index is 0.598. The standard InChI is InChI=1S/C13H17N3O/c1-17-13-5-4-11-6-10(8-15-9-16-14)2-3-12(11)7-13/h2-7,15-16H,8-9,14H2,1H3. The molecule has 0 fully saturated rings. The highest BCUT2D eigenvalue weighted by atomic mass is 16.5. The molecule has 4 heteroatoms. The van der Waals surface area contributed by atoms with Gasteiger partial charge in [0, 0.05) is 6.54 Å². The van der Waals surface area contributed by atoms with E-state index in [0.717, 1.165) is 12.3 Å². The van der Waals surface area contributed by atoms with Gasteiger partial charge < -0.3 is 4.74 Å². The second kappa shape index (κ2) is 5.63. The molecule has 4 N–H and O–H groups in total. The number of hydrogen-bond donors (Lipinski definition) is 3. The lowest BCUT2D eigenvalue weighted by Crippen LogP contribution is -2.33. The van der Waals surface area contributed by atoms with E-state index < -0.39 is 0 Å². The molecule has 0 heterocycles. The topological polar surface area (TPSA) is 59.3 Å². The number of hydrogen-bond acceptors (Lipinski definition) is 4. The SMILES string of the molecule is COc1ccc2cc(CNCNN)ccc2c1. The number of rotatable bonds is 5. The molecule has 2 rings (SSSR count). The molecule has 0 spiro atoms. The molecule has 0 radical (unpaired) electrons. The number of nitrogens with two attached hydrogens (primary N) is 1. The van der Waals surface area contributed by atoms with E-state index in [9.17, 15) is 0 Å². The molecule has 90 valence electrons. The lowest BCUT2D eigenvalue weighted by atomic mass is 10.1. The van der Waals surface area contributed by atoms with Crippen molar-refractivity contribution in [3.05, 3.63) is 42.0 Å². The molecular formula is C13H17N3O. The Morgan fingerprint density at radius 3 is 2.65 bits per heavy atom. The van der Waals surface area contributed by atoms with Gasteiger partial charge in [-0.15, -0.1) is 0 Å². The lowest BCUT2D eigenvalue weighted by molar-refractivity contribution is 0.415. The Bertz CT molecular complexity index is 499. The van der Waals surface area contributed by atoms with Gasteiger partial charge >= 0.3 is 0 Å². The summed E-state index contributed by atoms with van der Waals surface area (Å²) in [6.45, 7) is 1.40. The summed E-state index contributed by atoms with van der Waals surface area (Å²) >= 11 is 0. The van der Waals surface area contributed by atoms with Gasteiger partial charge in [0.2, 0.25) is 0 Å². The Labute approximate surface area is 101 Å². The molecule has 0 saturated carbocycles. The number of fused-ring (bicyclic) bond motifs is 1. The van der Waals surface area contributed by atoms with Crippen LogP contribution in [0.2, 0.25) is 0 Å². The van der Waals surface area contributed by atoms with Crippen LogP contribution in [0.1, 0.15) is 5.56 Å². The molecule has 0 saturated heterocycles. The molecule has 0 unspecified atom stereocenters. The second-order valence-corrected chi connectivity index (χ2v) is 3.86. The summed E-state index contributed by atoms with van der Waals surface area (Å²) in [7, 11) is 1.68. The van der Waals surface area contributed by atoms with Gasteiger partial charge in [0.25, 0.3) is 0 Å². The van der Waals surface area contributed by atoms with Gasteiger partial charge in [0.05, 0.1) is 13.8 Å². The van der Waals surface area contributed by atoms with Gasteiger partial charge in [0.15, 0.2) is 0 Å². The van der Waals surface area contributed by atoms with Crippen molar-refractivity contribution in [1.82, 2.24) is 10.7 Å². The van der Waals surface area contributed by atoms with Crippen LogP contribution >= 0.6 is 0 Å². The molecule has 0 aliphatic carbocycles. The van der Waals surface area contributed by atoms with Crippen LogP contribution in [-0.2, 0) is 6.54 Å². The van der Waals surface area contributed by atoms with Crippen LogP contribution in [-0.4, -0.2) is 13.8 Å². The maximum atomic E-state index is 5.20. The third-order valence-corrected chi connectivity index (χ3v) is 2.67. The zero-order valence-electron chi connectivity index (χ0n) is 9.86. The summed E-state index contributed by atoms with van der Waals surface area (Å²) < 4.78 is 5.20. The molecule has 0 amide bonds. The first kappa shape index (κ1) is 11.9. The number of nitrogens with one attached hydrogen (secondary N) is 2. The Morgan fingerprint density at radius 2 is 1.88 bits per heavy atom. The van der Waals surface area contributed by atoms with E-state index in [1.807, 2.05) is 12.1 Å². The first-order valence-corrected chi connectivity index (χ1v) is 5.54. The number of ether oxygens (including phenoxy) is 1. The summed E-state index contributed by atoms with van der Waals surface area (Å²) in [6, 6.07) is 12.4. The van der Waals surface area contributed by atoms with Crippen molar-refractivity contribution in [1.29, 1.82) is 0 Å². The van der Waals surface area contributed by atoms with Crippen molar-refractivity contribution in [2.24, 2.45) is 5.84 Å². The average molecular weight is 231 g/mol. The van der Waals surface area contributed by atoms with Gasteiger partial charge in [-0.2, -0.15) is 0 Å². The van der Waals surface area contributed by atoms with E-state index in [1.165, 1.54) is 16.3 Å². The van der Waals surface area contributed by atoms with E-state index >= 15 is 0 Å². The van der Waals surface area contributed by atoms with Crippen molar-refractivity contribution in [3.63, 3.8) is 0 Å². The van der Waals surface area contributed by atoms with Crippen molar-refractivity contribution < 1.29 is 4.74 Å². The molecule has 0 atom stereocenters. The quantitative estimate of drug-likeness (QED) is 0.315. The minimum Gasteiger partial charge on any atom is -0.497 e. The van der Waals surface area contributed by atoms with Crippen LogP contribution in [0.15, 0.2) is 36.4 Å². The molecule has 0 aromatic heterocycles. The monoisotopic (exact) mass is 231 g/mol. The summed E-state index contributed by atoms with van der Waals surface area (Å²) in [6.07, 6.45) is 0. The molecule has 0 bridgehead atoms. The smallest absolute Gasteiger partial charge is 0.119 e. The molecular weight excluding hydrogens is 214 g/mol. The number of hydrazine groups is 1. The Hall–Kier alpha value is -1.62. The molecule has 0 aliphatic rings. The molecule has 17 heavy (non-hydrogen) atoms. The van der Waals surface area contributed by atoms with Crippen LogP contribution in [0.4, 0.5) is 0 Å². The lowest BCUT2D eigenvalue weighted by Gasteiger charge is -2.06. The Balaban J connectivity index is 2.19. The van der Waals surface area contributed by atoms with Crippen molar-refractivity contribution in [3.8, 4) is 5.75 Å². The van der Waals surface area contributed by atoms with Gasteiger partial charge in [-0.1, -0.05) is 18.2 Å². The first-order valence-electron chi connectivity index (χ1n) is 5.54. The third-order valence-electron chi connectivity index (χ3n) is 2.67. The van der Waals surface area contributed by atoms with Gasteiger partial charge in [-0.3, -0.25) is 11.2 Å². The third kappa shape index (κ3) is 2.94. The maximum Gasteiger partial charge on any atom is 0.119 e. The van der Waals surface area contributed by atoms with E-state index in [1.54, 1.807) is 7.11 Å². The maximum absolute atomic E-state index is 5.20. The zero-order valence-corrected chi connectivity index (χ0v) is 9.86. The van der Waals surface area contributed by atoms with Crippen molar-refractivity contribution in [2.45, 2.75) is 6.54 Å². The average Bonchev–Trinajstić information content (AvgIpc) is 2.38. The largest absolute Gasteiger partial charge is 0.497 e. The van der Waals surface area contributed by atoms with Crippen LogP contribution in [0, 0.1) is 0 Å². The first-order chi connectivity index (χ1) is 8.33. The van der Waals surface area contributed by atoms with Crippen molar-refractivity contribution >= 4 is 10.8 Å². The zero-order chi connectivity index (χ0) is 12.1. The minimum atomic E-state index is 0.598. The van der Waals surface area contributed by atoms with Gasteiger partial charge in [-0.05, 0) is 34.5 Å². The highest BCUT2D eigenvalue weighted by Crippen LogP contribution is 2.21. The Morgan fingerprint density at radius 1 is 1.12 bits per heavy atom. The van der Waals surface area contributed by atoms with E-state index in [-0.39, 0.29) is 0 Å². The fraction of sp³-hybridized carbons (Fsp3) is 0.231. The molecule has 0 aliphatic heterocycles. The molecule has 2 aromatic carbocycles. The second-order valence-electron chi connectivity index (χ2n) is 3.86. The predicted octanol–water partition coefficient (Wildman–Crippen LogP) is 1.36. The summed E-state index contributed by atoms with van der Waals surface area (Å²) in [5, 5.41) is 5.58. The fourth-order valence-electron chi connectivity index (χ4n) is 1.79.